The standard InChI is InChI=1S/C18H13ClN2O4/c1-10-16(17(25-21-10)12-4-2-3-5-13(12)19)18(22)20-11-6-7-14-15(8-11)24-9-23-14/h2-8H,9H2,1H3,(H,20,22). The number of amides is 1. The van der Waals surface area contributed by atoms with Gasteiger partial charge in [-0.05, 0) is 31.2 Å². The van der Waals surface area contributed by atoms with Crippen LogP contribution in [0.1, 0.15) is 16.1 Å². The van der Waals surface area contributed by atoms with Crippen LogP contribution in [0, 0.1) is 6.92 Å². The van der Waals surface area contributed by atoms with E-state index >= 15 is 0 Å². The zero-order chi connectivity index (χ0) is 17.4. The lowest BCUT2D eigenvalue weighted by atomic mass is 10.1. The van der Waals surface area contributed by atoms with Crippen LogP contribution in [0.5, 0.6) is 11.5 Å². The fraction of sp³-hybridized carbons (Fsp3) is 0.111. The zero-order valence-electron chi connectivity index (χ0n) is 13.2. The quantitative estimate of drug-likeness (QED) is 0.758. The number of fused-ring (bicyclic) bond motifs is 1. The summed E-state index contributed by atoms with van der Waals surface area (Å²) in [6, 6.07) is 12.3. The van der Waals surface area contributed by atoms with E-state index in [1.54, 1.807) is 43.3 Å². The highest BCUT2D eigenvalue weighted by Crippen LogP contribution is 2.35. The maximum absolute atomic E-state index is 12.8. The molecule has 0 saturated heterocycles. The molecule has 0 fully saturated rings. The second-order valence-electron chi connectivity index (χ2n) is 5.47. The van der Waals surface area contributed by atoms with E-state index in [1.165, 1.54) is 0 Å². The maximum Gasteiger partial charge on any atom is 0.261 e. The smallest absolute Gasteiger partial charge is 0.261 e. The summed E-state index contributed by atoms with van der Waals surface area (Å²) in [5.41, 5.74) is 2.01. The molecule has 0 unspecified atom stereocenters. The Morgan fingerprint density at radius 2 is 1.96 bits per heavy atom. The monoisotopic (exact) mass is 356 g/mol. The highest BCUT2D eigenvalue weighted by molar-refractivity contribution is 6.33. The van der Waals surface area contributed by atoms with E-state index in [2.05, 4.69) is 10.5 Å². The summed E-state index contributed by atoms with van der Waals surface area (Å²) in [5, 5.41) is 7.22. The van der Waals surface area contributed by atoms with Crippen LogP contribution in [0.4, 0.5) is 5.69 Å². The van der Waals surface area contributed by atoms with Gasteiger partial charge in [-0.15, -0.1) is 0 Å². The molecule has 0 atom stereocenters. The van der Waals surface area contributed by atoms with Gasteiger partial charge in [-0.3, -0.25) is 4.79 Å². The average molecular weight is 357 g/mol. The molecule has 0 radical (unpaired) electrons. The van der Waals surface area contributed by atoms with Crippen molar-refractivity contribution in [2.75, 3.05) is 12.1 Å². The molecule has 4 rings (SSSR count). The van der Waals surface area contributed by atoms with E-state index in [4.69, 9.17) is 25.6 Å². The lowest BCUT2D eigenvalue weighted by Gasteiger charge is -2.07. The molecule has 126 valence electrons. The number of carbonyl (C=O) groups is 1. The van der Waals surface area contributed by atoms with Gasteiger partial charge in [0.1, 0.15) is 5.56 Å². The van der Waals surface area contributed by atoms with E-state index in [0.717, 1.165) is 0 Å². The number of benzene rings is 2. The van der Waals surface area contributed by atoms with Crippen LogP contribution in [0.3, 0.4) is 0 Å². The van der Waals surface area contributed by atoms with Crippen molar-refractivity contribution in [3.05, 3.63) is 58.7 Å². The largest absolute Gasteiger partial charge is 0.454 e. The number of nitrogens with zero attached hydrogens (tertiary/aromatic N) is 1. The number of hydrogen-bond acceptors (Lipinski definition) is 5. The van der Waals surface area contributed by atoms with Crippen LogP contribution in [-0.2, 0) is 0 Å². The first kappa shape index (κ1) is 15.5. The normalized spacial score (nSPS) is 12.2. The molecule has 6 nitrogen and oxygen atoms in total. The van der Waals surface area contributed by atoms with E-state index in [1.807, 2.05) is 6.07 Å². The summed E-state index contributed by atoms with van der Waals surface area (Å²) in [7, 11) is 0. The van der Waals surface area contributed by atoms with Crippen molar-refractivity contribution in [2.45, 2.75) is 6.92 Å². The fourth-order valence-corrected chi connectivity index (χ4v) is 2.86. The molecule has 1 amide bonds. The number of carbonyl (C=O) groups excluding carboxylic acids is 1. The Bertz CT molecular complexity index is 967. The SMILES string of the molecule is Cc1noc(-c2ccccc2Cl)c1C(=O)Nc1ccc2c(c1)OCO2. The van der Waals surface area contributed by atoms with Gasteiger partial charge in [-0.2, -0.15) is 0 Å². The van der Waals surface area contributed by atoms with Crippen molar-refractivity contribution >= 4 is 23.2 Å². The van der Waals surface area contributed by atoms with Gasteiger partial charge >= 0.3 is 0 Å². The maximum atomic E-state index is 12.8. The first-order chi connectivity index (χ1) is 12.1. The second kappa shape index (κ2) is 6.14. The first-order valence-electron chi connectivity index (χ1n) is 7.55. The molecule has 0 spiro atoms. The third-order valence-electron chi connectivity index (χ3n) is 3.84. The van der Waals surface area contributed by atoms with Crippen LogP contribution in [0.25, 0.3) is 11.3 Å². The molecule has 0 saturated carbocycles. The number of aryl methyl sites for hydroxylation is 1. The Kier molecular flexibility index (Phi) is 3.82. The number of nitrogens with one attached hydrogen (secondary N) is 1. The van der Waals surface area contributed by atoms with Crippen molar-refractivity contribution in [1.82, 2.24) is 5.16 Å². The molecular weight excluding hydrogens is 344 g/mol. The predicted octanol–water partition coefficient (Wildman–Crippen LogP) is 4.28. The molecular formula is C18H13ClN2O4. The molecule has 3 aromatic rings. The molecule has 0 bridgehead atoms. The zero-order valence-corrected chi connectivity index (χ0v) is 14.0. The molecule has 7 heteroatoms. The third kappa shape index (κ3) is 2.81. The Morgan fingerprint density at radius 3 is 2.80 bits per heavy atom. The Labute approximate surface area is 148 Å². The van der Waals surface area contributed by atoms with E-state index in [0.29, 0.717) is 44.8 Å². The minimum Gasteiger partial charge on any atom is -0.454 e. The predicted molar refractivity (Wildman–Crippen MR) is 92.2 cm³/mol. The molecule has 2 aromatic carbocycles. The Balaban J connectivity index is 1.67. The van der Waals surface area contributed by atoms with E-state index in [-0.39, 0.29) is 12.7 Å². The summed E-state index contributed by atoms with van der Waals surface area (Å²) in [4.78, 5) is 12.8. The summed E-state index contributed by atoms with van der Waals surface area (Å²) in [6.07, 6.45) is 0. The van der Waals surface area contributed by atoms with Gasteiger partial charge in [-0.25, -0.2) is 0 Å². The van der Waals surface area contributed by atoms with Gasteiger partial charge in [0.25, 0.3) is 5.91 Å². The first-order valence-corrected chi connectivity index (χ1v) is 7.93. The molecule has 0 aliphatic carbocycles. The molecule has 25 heavy (non-hydrogen) atoms. The number of halogens is 1. The van der Waals surface area contributed by atoms with Crippen molar-refractivity contribution < 1.29 is 18.8 Å². The minimum atomic E-state index is -0.340. The van der Waals surface area contributed by atoms with Crippen molar-refractivity contribution in [1.29, 1.82) is 0 Å². The van der Waals surface area contributed by atoms with E-state index in [9.17, 15) is 4.79 Å². The Morgan fingerprint density at radius 1 is 1.16 bits per heavy atom. The van der Waals surface area contributed by atoms with Crippen LogP contribution in [0.2, 0.25) is 5.02 Å². The van der Waals surface area contributed by atoms with Crippen molar-refractivity contribution in [3.63, 3.8) is 0 Å². The topological polar surface area (TPSA) is 73.6 Å². The van der Waals surface area contributed by atoms with Gasteiger partial charge in [0.2, 0.25) is 6.79 Å². The van der Waals surface area contributed by atoms with Crippen LogP contribution in [-0.4, -0.2) is 17.9 Å². The number of ether oxygens (including phenoxy) is 2. The summed E-state index contributed by atoms with van der Waals surface area (Å²) in [5.74, 6) is 1.23. The van der Waals surface area contributed by atoms with Gasteiger partial charge < -0.3 is 19.3 Å². The van der Waals surface area contributed by atoms with Crippen LogP contribution < -0.4 is 14.8 Å². The molecule has 1 N–H and O–H groups in total. The molecule has 2 heterocycles. The van der Waals surface area contributed by atoms with Crippen LogP contribution >= 0.6 is 11.6 Å². The van der Waals surface area contributed by atoms with Gasteiger partial charge in [0, 0.05) is 17.3 Å². The highest BCUT2D eigenvalue weighted by Gasteiger charge is 2.24. The molecule has 1 aliphatic heterocycles. The van der Waals surface area contributed by atoms with E-state index < -0.39 is 0 Å². The summed E-state index contributed by atoms with van der Waals surface area (Å²) >= 11 is 6.22. The summed E-state index contributed by atoms with van der Waals surface area (Å²) in [6.45, 7) is 1.88. The second-order valence-corrected chi connectivity index (χ2v) is 5.88. The van der Waals surface area contributed by atoms with Crippen LogP contribution in [0.15, 0.2) is 47.0 Å². The number of anilines is 1. The van der Waals surface area contributed by atoms with Gasteiger partial charge in [-0.1, -0.05) is 28.9 Å². The summed E-state index contributed by atoms with van der Waals surface area (Å²) < 4.78 is 15.9. The molecule has 1 aromatic heterocycles. The third-order valence-corrected chi connectivity index (χ3v) is 4.17. The number of hydrogen-bond donors (Lipinski definition) is 1. The highest BCUT2D eigenvalue weighted by atomic mass is 35.5. The van der Waals surface area contributed by atoms with Crippen molar-refractivity contribution in [2.24, 2.45) is 0 Å². The van der Waals surface area contributed by atoms with Gasteiger partial charge in [0.15, 0.2) is 17.3 Å². The van der Waals surface area contributed by atoms with Crippen molar-refractivity contribution in [3.8, 4) is 22.8 Å². The molecule has 1 aliphatic rings. The lowest BCUT2D eigenvalue weighted by molar-refractivity contribution is 0.102. The average Bonchev–Trinajstić information content (AvgIpc) is 3.21. The Hall–Kier alpha value is -2.99. The lowest BCUT2D eigenvalue weighted by Crippen LogP contribution is -2.13. The number of aromatic nitrogens is 1. The minimum absolute atomic E-state index is 0.175. The fourth-order valence-electron chi connectivity index (χ4n) is 2.63. The number of rotatable bonds is 3. The van der Waals surface area contributed by atoms with Gasteiger partial charge in [0.05, 0.1) is 10.7 Å².